The molecule has 0 radical (unpaired) electrons. The summed E-state index contributed by atoms with van der Waals surface area (Å²) in [6, 6.07) is 15.0. The molecule has 1 fully saturated rings. The van der Waals surface area contributed by atoms with E-state index in [1.165, 1.54) is 24.3 Å². The van der Waals surface area contributed by atoms with Crippen LogP contribution in [0.1, 0.15) is 18.4 Å². The van der Waals surface area contributed by atoms with Gasteiger partial charge in [-0.1, -0.05) is 30.3 Å². The predicted octanol–water partition coefficient (Wildman–Crippen LogP) is 3.62. The molecular formula is C25H23FN4O3. The fourth-order valence-corrected chi connectivity index (χ4v) is 3.82. The largest absolute Gasteiger partial charge is 0.376 e. The Morgan fingerprint density at radius 3 is 2.76 bits per heavy atom. The Bertz CT molecular complexity index is 1250. The third kappa shape index (κ3) is 5.27. The molecule has 0 saturated carbocycles. The molecule has 2 heterocycles. The lowest BCUT2D eigenvalue weighted by atomic mass is 10.1. The molecule has 168 valence electrons. The minimum atomic E-state index is -0.714. The van der Waals surface area contributed by atoms with Gasteiger partial charge in [-0.05, 0) is 37.1 Å². The number of ether oxygens (including phenoxy) is 1. The molecular weight excluding hydrogens is 423 g/mol. The monoisotopic (exact) mass is 446 g/mol. The average molecular weight is 446 g/mol. The van der Waals surface area contributed by atoms with Gasteiger partial charge in [-0.25, -0.2) is 4.39 Å². The number of amides is 2. The van der Waals surface area contributed by atoms with Gasteiger partial charge in [-0.15, -0.1) is 0 Å². The molecule has 3 aromatic rings. The lowest BCUT2D eigenvalue weighted by Gasteiger charge is -2.11. The maximum Gasteiger partial charge on any atom is 0.266 e. The van der Waals surface area contributed by atoms with Crippen LogP contribution in [0.2, 0.25) is 0 Å². The first-order valence-corrected chi connectivity index (χ1v) is 10.7. The standard InChI is InChI=1S/C25H23FN4O3/c26-21-8-2-3-9-22(21)29-25(32)17(13-27)12-18-15-30(23-10-4-1-7-20(18)23)16-24(31)28-14-19-6-5-11-33-19/h1-4,7-10,12,15,19H,5-6,11,14,16H2,(H,28,31)(H,29,32). The maximum atomic E-state index is 13.9. The van der Waals surface area contributed by atoms with Crippen LogP contribution in [0.4, 0.5) is 10.1 Å². The van der Waals surface area contributed by atoms with Gasteiger partial charge in [0, 0.05) is 35.8 Å². The van der Waals surface area contributed by atoms with Crippen LogP contribution in [0, 0.1) is 17.1 Å². The van der Waals surface area contributed by atoms with Crippen molar-refractivity contribution in [1.82, 2.24) is 9.88 Å². The summed E-state index contributed by atoms with van der Waals surface area (Å²) in [6.45, 7) is 1.29. The van der Waals surface area contributed by atoms with E-state index in [0.717, 1.165) is 30.4 Å². The Balaban J connectivity index is 1.55. The number of nitrogens with zero attached hydrogens (tertiary/aromatic N) is 2. The molecule has 0 bridgehead atoms. The van der Waals surface area contributed by atoms with Crippen LogP contribution < -0.4 is 10.6 Å². The third-order valence-corrected chi connectivity index (χ3v) is 5.47. The van der Waals surface area contributed by atoms with Gasteiger partial charge in [0.2, 0.25) is 5.91 Å². The molecule has 33 heavy (non-hydrogen) atoms. The van der Waals surface area contributed by atoms with Crippen LogP contribution in [0.5, 0.6) is 0 Å². The molecule has 4 rings (SSSR count). The van der Waals surface area contributed by atoms with Crippen molar-refractivity contribution in [2.24, 2.45) is 0 Å². The first kappa shape index (κ1) is 22.2. The number of nitrogens with one attached hydrogen (secondary N) is 2. The number of hydrogen-bond donors (Lipinski definition) is 2. The second-order valence-electron chi connectivity index (χ2n) is 7.77. The number of anilines is 1. The van der Waals surface area contributed by atoms with E-state index < -0.39 is 11.7 Å². The number of nitriles is 1. The summed E-state index contributed by atoms with van der Waals surface area (Å²) in [4.78, 5) is 25.1. The normalized spacial score (nSPS) is 15.9. The Morgan fingerprint density at radius 1 is 1.21 bits per heavy atom. The van der Waals surface area contributed by atoms with Gasteiger partial charge in [-0.2, -0.15) is 5.26 Å². The molecule has 1 aliphatic heterocycles. The summed E-state index contributed by atoms with van der Waals surface area (Å²) in [5.74, 6) is -1.46. The number of rotatable bonds is 7. The van der Waals surface area contributed by atoms with Crippen molar-refractivity contribution in [3.05, 3.63) is 71.7 Å². The zero-order valence-electron chi connectivity index (χ0n) is 17.9. The first-order chi connectivity index (χ1) is 16.0. The molecule has 7 nitrogen and oxygen atoms in total. The van der Waals surface area contributed by atoms with Crippen LogP contribution in [0.25, 0.3) is 17.0 Å². The summed E-state index contributed by atoms with van der Waals surface area (Å²) in [7, 11) is 0. The number of carbonyl (C=O) groups excluding carboxylic acids is 2. The van der Waals surface area contributed by atoms with Crippen molar-refractivity contribution in [1.29, 1.82) is 5.26 Å². The van der Waals surface area contributed by atoms with Gasteiger partial charge in [0.1, 0.15) is 24.0 Å². The van der Waals surface area contributed by atoms with E-state index in [1.54, 1.807) is 16.8 Å². The van der Waals surface area contributed by atoms with E-state index in [4.69, 9.17) is 4.74 Å². The fourth-order valence-electron chi connectivity index (χ4n) is 3.82. The molecule has 1 aliphatic rings. The molecule has 8 heteroatoms. The quantitative estimate of drug-likeness (QED) is 0.428. The molecule has 0 aliphatic carbocycles. The number of para-hydroxylation sites is 2. The second-order valence-corrected chi connectivity index (χ2v) is 7.77. The van der Waals surface area contributed by atoms with Crippen LogP contribution in [0.3, 0.4) is 0 Å². The van der Waals surface area contributed by atoms with Gasteiger partial charge < -0.3 is 19.9 Å². The summed E-state index contributed by atoms with van der Waals surface area (Å²) < 4.78 is 21.2. The van der Waals surface area contributed by atoms with E-state index in [-0.39, 0.29) is 29.8 Å². The van der Waals surface area contributed by atoms with E-state index >= 15 is 0 Å². The number of benzene rings is 2. The predicted molar refractivity (Wildman–Crippen MR) is 123 cm³/mol. The third-order valence-electron chi connectivity index (χ3n) is 5.47. The minimum Gasteiger partial charge on any atom is -0.376 e. The van der Waals surface area contributed by atoms with E-state index in [2.05, 4.69) is 10.6 Å². The van der Waals surface area contributed by atoms with Crippen LogP contribution in [-0.2, 0) is 20.9 Å². The lowest BCUT2D eigenvalue weighted by Crippen LogP contribution is -2.34. The molecule has 2 aromatic carbocycles. The van der Waals surface area contributed by atoms with Crippen molar-refractivity contribution < 1.29 is 18.7 Å². The number of hydrogen-bond acceptors (Lipinski definition) is 4. The molecule has 1 aromatic heterocycles. The van der Waals surface area contributed by atoms with Crippen LogP contribution in [0.15, 0.2) is 60.3 Å². The van der Waals surface area contributed by atoms with Crippen molar-refractivity contribution in [3.8, 4) is 6.07 Å². The van der Waals surface area contributed by atoms with Gasteiger partial charge in [-0.3, -0.25) is 9.59 Å². The molecule has 2 amide bonds. The Kier molecular flexibility index (Phi) is 6.81. The highest BCUT2D eigenvalue weighted by Crippen LogP contribution is 2.24. The smallest absolute Gasteiger partial charge is 0.266 e. The molecule has 0 spiro atoms. The summed E-state index contributed by atoms with van der Waals surface area (Å²) >= 11 is 0. The molecule has 1 atom stereocenters. The Hall–Kier alpha value is -3.96. The SMILES string of the molecule is N#CC(=Cc1cn(CC(=O)NCC2CCCO2)c2ccccc12)C(=O)Nc1ccccc1F. The first-order valence-electron chi connectivity index (χ1n) is 10.7. The highest BCUT2D eigenvalue weighted by Gasteiger charge is 2.18. The Morgan fingerprint density at radius 2 is 2.00 bits per heavy atom. The van der Waals surface area contributed by atoms with Crippen LogP contribution >= 0.6 is 0 Å². The van der Waals surface area contributed by atoms with Crippen molar-refractivity contribution in [2.45, 2.75) is 25.5 Å². The number of fused-ring (bicyclic) bond motifs is 1. The summed E-state index contributed by atoms with van der Waals surface area (Å²) in [5.41, 5.74) is 1.22. The fraction of sp³-hybridized carbons (Fsp3) is 0.240. The van der Waals surface area contributed by atoms with Crippen molar-refractivity contribution in [3.63, 3.8) is 0 Å². The number of carbonyl (C=O) groups is 2. The zero-order valence-corrected chi connectivity index (χ0v) is 17.9. The Labute approximate surface area is 190 Å². The van der Waals surface area contributed by atoms with Gasteiger partial charge in [0.05, 0.1) is 11.8 Å². The zero-order chi connectivity index (χ0) is 23.2. The number of aromatic nitrogens is 1. The highest BCUT2D eigenvalue weighted by atomic mass is 19.1. The van der Waals surface area contributed by atoms with Crippen molar-refractivity contribution in [2.75, 3.05) is 18.5 Å². The molecule has 1 unspecified atom stereocenters. The molecule has 1 saturated heterocycles. The van der Waals surface area contributed by atoms with Gasteiger partial charge >= 0.3 is 0 Å². The average Bonchev–Trinajstić information content (AvgIpc) is 3.46. The van der Waals surface area contributed by atoms with E-state index in [0.29, 0.717) is 12.1 Å². The number of halogens is 1. The van der Waals surface area contributed by atoms with Gasteiger partial charge in [0.25, 0.3) is 5.91 Å². The summed E-state index contributed by atoms with van der Waals surface area (Å²) in [5, 5.41) is 15.7. The van der Waals surface area contributed by atoms with Crippen molar-refractivity contribution >= 4 is 34.5 Å². The van der Waals surface area contributed by atoms with E-state index in [9.17, 15) is 19.2 Å². The van der Waals surface area contributed by atoms with Crippen LogP contribution in [-0.4, -0.2) is 35.6 Å². The molecule has 2 N–H and O–H groups in total. The second kappa shape index (κ2) is 10.1. The summed E-state index contributed by atoms with van der Waals surface area (Å²) in [6.07, 6.45) is 5.17. The topological polar surface area (TPSA) is 96.2 Å². The minimum absolute atomic E-state index is 0.00556. The lowest BCUT2D eigenvalue weighted by molar-refractivity contribution is -0.122. The highest BCUT2D eigenvalue weighted by molar-refractivity contribution is 6.10. The van der Waals surface area contributed by atoms with E-state index in [1.807, 2.05) is 30.3 Å². The maximum absolute atomic E-state index is 13.9. The van der Waals surface area contributed by atoms with Gasteiger partial charge in [0.15, 0.2) is 0 Å².